The second-order valence-corrected chi connectivity index (χ2v) is 5.34. The molecule has 0 aliphatic carbocycles. The summed E-state index contributed by atoms with van der Waals surface area (Å²) in [6.45, 7) is 5.49. The first-order chi connectivity index (χ1) is 11.6. The third-order valence-corrected chi connectivity index (χ3v) is 3.47. The molecular weight excluding hydrogens is 307 g/mol. The molecule has 0 amide bonds. The number of nitrogens with zero attached hydrogens (tertiary/aromatic N) is 2. The maximum absolute atomic E-state index is 13.6. The lowest BCUT2D eigenvalue weighted by Gasteiger charge is -2.12. The summed E-state index contributed by atoms with van der Waals surface area (Å²) < 4.78 is 18.7. The highest BCUT2D eigenvalue weighted by atomic mass is 19.1. The second-order valence-electron chi connectivity index (χ2n) is 5.34. The van der Waals surface area contributed by atoms with Crippen molar-refractivity contribution < 1.29 is 9.13 Å². The zero-order chi connectivity index (χ0) is 17.4. The van der Waals surface area contributed by atoms with E-state index in [9.17, 15) is 4.39 Å². The third kappa shape index (κ3) is 5.22. The molecule has 0 unspecified atom stereocenters. The Balaban J connectivity index is 2.00. The van der Waals surface area contributed by atoms with Crippen molar-refractivity contribution in [2.75, 3.05) is 13.7 Å². The Labute approximate surface area is 142 Å². The number of benzene rings is 1. The van der Waals surface area contributed by atoms with Crippen molar-refractivity contribution in [3.05, 3.63) is 59.0 Å². The summed E-state index contributed by atoms with van der Waals surface area (Å²) in [5.74, 6) is 1.05. The Morgan fingerprint density at radius 1 is 1.21 bits per heavy atom. The van der Waals surface area contributed by atoms with Crippen LogP contribution in [0.3, 0.4) is 0 Å². The fraction of sp³-hybridized carbons (Fsp3) is 0.333. The number of halogens is 1. The number of aliphatic imine (C=N–C) groups is 1. The van der Waals surface area contributed by atoms with Crippen LogP contribution in [0.1, 0.15) is 23.6 Å². The Hall–Kier alpha value is -2.63. The minimum Gasteiger partial charge on any atom is -0.481 e. The largest absolute Gasteiger partial charge is 0.481 e. The fourth-order valence-corrected chi connectivity index (χ4v) is 2.10. The van der Waals surface area contributed by atoms with Gasteiger partial charge in [-0.3, -0.25) is 0 Å². The van der Waals surface area contributed by atoms with Crippen molar-refractivity contribution in [3.63, 3.8) is 0 Å². The van der Waals surface area contributed by atoms with E-state index in [1.807, 2.05) is 25.1 Å². The maximum Gasteiger partial charge on any atom is 0.213 e. The van der Waals surface area contributed by atoms with Gasteiger partial charge in [0, 0.05) is 25.4 Å². The van der Waals surface area contributed by atoms with Gasteiger partial charge in [-0.2, -0.15) is 0 Å². The van der Waals surface area contributed by atoms with Crippen molar-refractivity contribution in [2.24, 2.45) is 4.99 Å². The zero-order valence-corrected chi connectivity index (χ0v) is 14.3. The van der Waals surface area contributed by atoms with Gasteiger partial charge < -0.3 is 15.4 Å². The Morgan fingerprint density at radius 2 is 2.04 bits per heavy atom. The highest BCUT2D eigenvalue weighted by molar-refractivity contribution is 5.79. The Bertz CT molecular complexity index is 703. The van der Waals surface area contributed by atoms with E-state index in [4.69, 9.17) is 4.74 Å². The maximum atomic E-state index is 13.6. The van der Waals surface area contributed by atoms with Gasteiger partial charge in [0.1, 0.15) is 5.82 Å². The van der Waals surface area contributed by atoms with E-state index in [-0.39, 0.29) is 5.82 Å². The van der Waals surface area contributed by atoms with Crippen molar-refractivity contribution in [3.8, 4) is 5.88 Å². The van der Waals surface area contributed by atoms with E-state index >= 15 is 0 Å². The highest BCUT2D eigenvalue weighted by Gasteiger charge is 2.02. The first-order valence-electron chi connectivity index (χ1n) is 7.88. The zero-order valence-electron chi connectivity index (χ0n) is 14.3. The van der Waals surface area contributed by atoms with Crippen LogP contribution in [0.15, 0.2) is 41.5 Å². The summed E-state index contributed by atoms with van der Waals surface area (Å²) >= 11 is 0. The predicted molar refractivity (Wildman–Crippen MR) is 93.6 cm³/mol. The van der Waals surface area contributed by atoms with E-state index in [1.54, 1.807) is 26.3 Å². The molecule has 1 aromatic carbocycles. The molecule has 1 heterocycles. The lowest BCUT2D eigenvalue weighted by Crippen LogP contribution is -2.36. The van der Waals surface area contributed by atoms with Crippen molar-refractivity contribution >= 4 is 5.96 Å². The molecule has 0 saturated heterocycles. The second kappa shape index (κ2) is 8.86. The number of hydrogen-bond donors (Lipinski definition) is 2. The van der Waals surface area contributed by atoms with Gasteiger partial charge in [-0.25, -0.2) is 14.4 Å². The lowest BCUT2D eigenvalue weighted by atomic mass is 10.1. The molecular formula is C18H23FN4O. The fourth-order valence-electron chi connectivity index (χ4n) is 2.10. The topological polar surface area (TPSA) is 58.5 Å². The number of guanidine groups is 1. The summed E-state index contributed by atoms with van der Waals surface area (Å²) in [5, 5.41) is 6.42. The lowest BCUT2D eigenvalue weighted by molar-refractivity contribution is 0.397. The first-order valence-corrected chi connectivity index (χ1v) is 7.88. The molecule has 24 heavy (non-hydrogen) atoms. The highest BCUT2D eigenvalue weighted by Crippen LogP contribution is 2.10. The molecule has 0 bridgehead atoms. The number of nitrogens with one attached hydrogen (secondary N) is 2. The summed E-state index contributed by atoms with van der Waals surface area (Å²) in [7, 11) is 1.59. The van der Waals surface area contributed by atoms with Gasteiger partial charge >= 0.3 is 0 Å². The van der Waals surface area contributed by atoms with E-state index in [2.05, 4.69) is 20.6 Å². The van der Waals surface area contributed by atoms with Crippen LogP contribution < -0.4 is 15.4 Å². The van der Waals surface area contributed by atoms with Gasteiger partial charge in [-0.1, -0.05) is 12.1 Å². The molecule has 0 radical (unpaired) electrons. The van der Waals surface area contributed by atoms with E-state index in [0.717, 1.165) is 17.7 Å². The Kier molecular flexibility index (Phi) is 6.54. The van der Waals surface area contributed by atoms with Crippen molar-refractivity contribution in [1.82, 2.24) is 15.6 Å². The quantitative estimate of drug-likeness (QED) is 0.632. The van der Waals surface area contributed by atoms with Crippen molar-refractivity contribution in [2.45, 2.75) is 26.9 Å². The minimum absolute atomic E-state index is 0.204. The normalized spacial score (nSPS) is 11.2. The first kappa shape index (κ1) is 17.7. The van der Waals surface area contributed by atoms with Crippen molar-refractivity contribution in [1.29, 1.82) is 0 Å². The molecule has 5 nitrogen and oxygen atoms in total. The SMILES string of the molecule is CCNC(=NCc1ccc(C)c(F)c1)NCc1ccnc(OC)c1. The van der Waals surface area contributed by atoms with E-state index in [0.29, 0.717) is 30.5 Å². The Morgan fingerprint density at radius 3 is 2.75 bits per heavy atom. The van der Waals surface area contributed by atoms with Gasteiger partial charge in [0.2, 0.25) is 5.88 Å². The molecule has 0 atom stereocenters. The average Bonchev–Trinajstić information content (AvgIpc) is 2.60. The molecule has 2 aromatic rings. The molecule has 0 saturated carbocycles. The molecule has 0 aliphatic heterocycles. The smallest absolute Gasteiger partial charge is 0.213 e. The molecule has 0 fully saturated rings. The summed E-state index contributed by atoms with van der Waals surface area (Å²) in [4.78, 5) is 8.57. The summed E-state index contributed by atoms with van der Waals surface area (Å²) in [5.41, 5.74) is 2.51. The van der Waals surface area contributed by atoms with Crippen LogP contribution in [0.5, 0.6) is 5.88 Å². The number of methoxy groups -OCH3 is 1. The van der Waals surface area contributed by atoms with E-state index < -0.39 is 0 Å². The van der Waals surface area contributed by atoms with Gasteiger partial charge in [-0.05, 0) is 42.7 Å². The molecule has 1 aromatic heterocycles. The minimum atomic E-state index is -0.204. The molecule has 0 spiro atoms. The van der Waals surface area contributed by atoms with Crippen LogP contribution in [-0.4, -0.2) is 24.6 Å². The number of aromatic nitrogens is 1. The number of pyridine rings is 1. The molecule has 128 valence electrons. The summed E-state index contributed by atoms with van der Waals surface area (Å²) in [6.07, 6.45) is 1.70. The van der Waals surface area contributed by atoms with Crippen LogP contribution in [-0.2, 0) is 13.1 Å². The predicted octanol–water partition coefficient (Wildman–Crippen LogP) is 2.79. The molecule has 6 heteroatoms. The summed E-state index contributed by atoms with van der Waals surface area (Å²) in [6, 6.07) is 8.96. The van der Waals surface area contributed by atoms with Crippen LogP contribution in [0.2, 0.25) is 0 Å². The molecule has 0 aliphatic rings. The van der Waals surface area contributed by atoms with Gasteiger partial charge in [0.25, 0.3) is 0 Å². The van der Waals surface area contributed by atoms with E-state index in [1.165, 1.54) is 6.07 Å². The van der Waals surface area contributed by atoms with Crippen LogP contribution in [0.4, 0.5) is 4.39 Å². The van der Waals surface area contributed by atoms with Gasteiger partial charge in [0.05, 0.1) is 13.7 Å². The number of aryl methyl sites for hydroxylation is 1. The molecule has 2 rings (SSSR count). The number of hydrogen-bond acceptors (Lipinski definition) is 3. The van der Waals surface area contributed by atoms with Gasteiger partial charge in [-0.15, -0.1) is 0 Å². The van der Waals surface area contributed by atoms with Crippen LogP contribution in [0, 0.1) is 12.7 Å². The standard InChI is InChI=1S/C18H23FN4O/c1-4-20-18(22-11-14-6-5-13(2)16(19)9-14)23-12-15-7-8-21-17(10-15)24-3/h5-10H,4,11-12H2,1-3H3,(H2,20,22,23). The van der Waals surface area contributed by atoms with Crippen LogP contribution >= 0.6 is 0 Å². The monoisotopic (exact) mass is 330 g/mol. The average molecular weight is 330 g/mol. The van der Waals surface area contributed by atoms with Gasteiger partial charge in [0.15, 0.2) is 5.96 Å². The van der Waals surface area contributed by atoms with Crippen LogP contribution in [0.25, 0.3) is 0 Å². The third-order valence-electron chi connectivity index (χ3n) is 3.47. The number of ether oxygens (including phenoxy) is 1. The molecule has 2 N–H and O–H groups in total. The number of rotatable bonds is 6.